The van der Waals surface area contributed by atoms with E-state index in [1.807, 2.05) is 6.92 Å². The van der Waals surface area contributed by atoms with Crippen LogP contribution >= 0.6 is 0 Å². The van der Waals surface area contributed by atoms with Crippen LogP contribution < -0.4 is 5.32 Å². The van der Waals surface area contributed by atoms with Gasteiger partial charge in [0, 0.05) is 13.2 Å². The summed E-state index contributed by atoms with van der Waals surface area (Å²) >= 11 is 0. The van der Waals surface area contributed by atoms with Gasteiger partial charge in [-0.05, 0) is 32.1 Å². The molecule has 0 bridgehead atoms. The van der Waals surface area contributed by atoms with Gasteiger partial charge in [0.25, 0.3) is 0 Å². The Hall–Kier alpha value is -0.980. The fourth-order valence-electron chi connectivity index (χ4n) is 3.45. The lowest BCUT2D eigenvalue weighted by molar-refractivity contribution is -0.00145. The van der Waals surface area contributed by atoms with E-state index < -0.39 is 0 Å². The van der Waals surface area contributed by atoms with Gasteiger partial charge in [0.05, 0.1) is 12.1 Å². The number of aliphatic hydroxyl groups excluding tert-OH is 1. The Balaban J connectivity index is 1.71. The molecule has 1 aliphatic heterocycles. The highest BCUT2D eigenvalue weighted by Gasteiger charge is 2.32. The molecule has 3 atom stereocenters. The lowest BCUT2D eigenvalue weighted by Crippen LogP contribution is -2.20. The van der Waals surface area contributed by atoms with Gasteiger partial charge < -0.3 is 19.7 Å². The zero-order valence-corrected chi connectivity index (χ0v) is 12.6. The molecule has 1 saturated carbocycles. The molecular formula is C15H25N3O3. The van der Waals surface area contributed by atoms with Gasteiger partial charge in [-0.1, -0.05) is 24.4 Å². The maximum Gasteiger partial charge on any atom is 0.243 e. The molecule has 1 aromatic heterocycles. The number of nitrogens with zero attached hydrogens (tertiary/aromatic N) is 2. The highest BCUT2D eigenvalue weighted by atomic mass is 16.5. The molecule has 2 heterocycles. The summed E-state index contributed by atoms with van der Waals surface area (Å²) in [4.78, 5) is 4.54. The molecule has 1 saturated heterocycles. The highest BCUT2D eigenvalue weighted by molar-refractivity contribution is 5.01. The molecule has 21 heavy (non-hydrogen) atoms. The van der Waals surface area contributed by atoms with Gasteiger partial charge in [-0.2, -0.15) is 4.98 Å². The SMILES string of the molecule is CCOC(c1noc([C@@H]2C[C@H](O)CN2)n1)C1CCCCC1. The predicted molar refractivity (Wildman–Crippen MR) is 76.6 cm³/mol. The molecule has 6 nitrogen and oxygen atoms in total. The van der Waals surface area contributed by atoms with Crippen molar-refractivity contribution in [3.8, 4) is 0 Å². The van der Waals surface area contributed by atoms with Gasteiger partial charge in [-0.25, -0.2) is 0 Å². The molecule has 1 aliphatic carbocycles. The zero-order valence-electron chi connectivity index (χ0n) is 12.6. The van der Waals surface area contributed by atoms with Crippen molar-refractivity contribution in [3.05, 3.63) is 11.7 Å². The molecule has 0 spiro atoms. The predicted octanol–water partition coefficient (Wildman–Crippen LogP) is 2.12. The quantitative estimate of drug-likeness (QED) is 0.866. The van der Waals surface area contributed by atoms with Gasteiger partial charge in [0.15, 0.2) is 0 Å². The average Bonchev–Trinajstić information content (AvgIpc) is 3.14. The van der Waals surface area contributed by atoms with E-state index in [9.17, 15) is 5.11 Å². The number of rotatable bonds is 5. The summed E-state index contributed by atoms with van der Waals surface area (Å²) in [7, 11) is 0. The van der Waals surface area contributed by atoms with Crippen LogP contribution in [0, 0.1) is 5.92 Å². The molecule has 2 aliphatic rings. The van der Waals surface area contributed by atoms with E-state index >= 15 is 0 Å². The number of aromatic nitrogens is 2. The first kappa shape index (κ1) is 14.9. The van der Waals surface area contributed by atoms with Crippen molar-refractivity contribution in [3.63, 3.8) is 0 Å². The molecule has 1 aromatic rings. The highest BCUT2D eigenvalue weighted by Crippen LogP contribution is 2.36. The second-order valence-corrected chi connectivity index (χ2v) is 6.12. The largest absolute Gasteiger partial charge is 0.392 e. The maximum absolute atomic E-state index is 9.59. The third-order valence-corrected chi connectivity index (χ3v) is 4.54. The van der Waals surface area contributed by atoms with E-state index in [0.29, 0.717) is 37.2 Å². The van der Waals surface area contributed by atoms with Crippen molar-refractivity contribution in [2.75, 3.05) is 13.2 Å². The van der Waals surface area contributed by atoms with E-state index in [1.165, 1.54) is 32.1 Å². The summed E-state index contributed by atoms with van der Waals surface area (Å²) < 4.78 is 11.3. The van der Waals surface area contributed by atoms with E-state index in [0.717, 1.165) is 0 Å². The Morgan fingerprint density at radius 1 is 1.38 bits per heavy atom. The topological polar surface area (TPSA) is 80.4 Å². The average molecular weight is 295 g/mol. The monoisotopic (exact) mass is 295 g/mol. The van der Waals surface area contributed by atoms with Crippen LogP contribution in [-0.2, 0) is 4.74 Å². The number of nitrogens with one attached hydrogen (secondary N) is 1. The minimum Gasteiger partial charge on any atom is -0.392 e. The molecule has 0 amide bonds. The molecule has 3 rings (SSSR count). The molecule has 1 unspecified atom stereocenters. The van der Waals surface area contributed by atoms with Crippen molar-refractivity contribution in [2.45, 2.75) is 63.7 Å². The van der Waals surface area contributed by atoms with E-state index in [-0.39, 0.29) is 18.2 Å². The number of aliphatic hydroxyl groups is 1. The van der Waals surface area contributed by atoms with Crippen LogP contribution in [0.1, 0.15) is 69.3 Å². The molecular weight excluding hydrogens is 270 g/mol. The van der Waals surface area contributed by atoms with Crippen molar-refractivity contribution in [2.24, 2.45) is 5.92 Å². The summed E-state index contributed by atoms with van der Waals surface area (Å²) in [5.41, 5.74) is 0. The first-order valence-corrected chi connectivity index (χ1v) is 8.14. The van der Waals surface area contributed by atoms with Crippen LogP contribution in [0.3, 0.4) is 0 Å². The molecule has 2 N–H and O–H groups in total. The van der Waals surface area contributed by atoms with Crippen LogP contribution in [0.25, 0.3) is 0 Å². The number of β-amino-alcohol motifs (C(OH)–C–C–N with tert-alkyl or cyclic N) is 1. The molecule has 6 heteroatoms. The Morgan fingerprint density at radius 3 is 2.86 bits per heavy atom. The van der Waals surface area contributed by atoms with Gasteiger partial charge in [0.2, 0.25) is 11.7 Å². The molecule has 118 valence electrons. The van der Waals surface area contributed by atoms with Crippen LogP contribution in [-0.4, -0.2) is 34.5 Å². The van der Waals surface area contributed by atoms with Crippen LogP contribution in [0.2, 0.25) is 0 Å². The van der Waals surface area contributed by atoms with Crippen molar-refractivity contribution in [1.29, 1.82) is 0 Å². The third kappa shape index (κ3) is 3.44. The summed E-state index contributed by atoms with van der Waals surface area (Å²) in [6, 6.07) is -0.0325. The second-order valence-electron chi connectivity index (χ2n) is 6.12. The van der Waals surface area contributed by atoms with E-state index in [4.69, 9.17) is 9.26 Å². The standard InChI is InChI=1S/C15H25N3O3/c1-2-20-13(10-6-4-3-5-7-10)14-17-15(21-18-14)12-8-11(19)9-16-12/h10-13,16,19H,2-9H2,1H3/t11-,12-,13?/m0/s1. The first-order chi connectivity index (χ1) is 10.3. The van der Waals surface area contributed by atoms with Gasteiger partial charge in [-0.15, -0.1) is 0 Å². The van der Waals surface area contributed by atoms with Crippen molar-refractivity contribution in [1.82, 2.24) is 15.5 Å². The van der Waals surface area contributed by atoms with Gasteiger partial charge in [0.1, 0.15) is 6.10 Å². The smallest absolute Gasteiger partial charge is 0.243 e. The van der Waals surface area contributed by atoms with Crippen LogP contribution in [0.15, 0.2) is 4.52 Å². The fraction of sp³-hybridized carbons (Fsp3) is 0.867. The van der Waals surface area contributed by atoms with E-state index in [1.54, 1.807) is 0 Å². The van der Waals surface area contributed by atoms with Gasteiger partial charge in [-0.3, -0.25) is 0 Å². The summed E-state index contributed by atoms with van der Waals surface area (Å²) in [5.74, 6) is 1.73. The van der Waals surface area contributed by atoms with Crippen molar-refractivity contribution < 1.29 is 14.4 Å². The Bertz CT molecular complexity index is 445. The number of ether oxygens (including phenoxy) is 1. The lowest BCUT2D eigenvalue weighted by Gasteiger charge is -2.27. The van der Waals surface area contributed by atoms with Gasteiger partial charge >= 0.3 is 0 Å². The zero-order chi connectivity index (χ0) is 14.7. The molecule has 2 fully saturated rings. The molecule has 0 aromatic carbocycles. The lowest BCUT2D eigenvalue weighted by atomic mass is 9.85. The Kier molecular flexibility index (Phi) is 4.87. The fourth-order valence-corrected chi connectivity index (χ4v) is 3.45. The second kappa shape index (κ2) is 6.85. The minimum atomic E-state index is -0.327. The summed E-state index contributed by atoms with van der Waals surface area (Å²) in [6.45, 7) is 3.25. The van der Waals surface area contributed by atoms with Crippen LogP contribution in [0.4, 0.5) is 0 Å². The normalized spacial score (nSPS) is 28.9. The van der Waals surface area contributed by atoms with Crippen LogP contribution in [0.5, 0.6) is 0 Å². The first-order valence-electron chi connectivity index (χ1n) is 8.14. The number of hydrogen-bond acceptors (Lipinski definition) is 6. The minimum absolute atomic E-state index is 0.0325. The third-order valence-electron chi connectivity index (χ3n) is 4.54. The number of hydrogen-bond donors (Lipinski definition) is 2. The van der Waals surface area contributed by atoms with Crippen molar-refractivity contribution >= 4 is 0 Å². The maximum atomic E-state index is 9.59. The van der Waals surface area contributed by atoms with E-state index in [2.05, 4.69) is 15.5 Å². The molecule has 0 radical (unpaired) electrons. The Morgan fingerprint density at radius 2 is 2.19 bits per heavy atom. The summed E-state index contributed by atoms with van der Waals surface area (Å²) in [5, 5.41) is 16.9. The Labute approximate surface area is 125 Å². The summed E-state index contributed by atoms with van der Waals surface area (Å²) in [6.07, 6.45) is 6.43.